The molecule has 136 valence electrons. The number of aryl methyl sites for hydroxylation is 1. The van der Waals surface area contributed by atoms with Crippen LogP contribution < -0.4 is 5.32 Å². The lowest BCUT2D eigenvalue weighted by Gasteiger charge is -2.11. The highest BCUT2D eigenvalue weighted by molar-refractivity contribution is 6.29. The van der Waals surface area contributed by atoms with E-state index in [9.17, 15) is 9.59 Å². The Hall–Kier alpha value is -3.18. The van der Waals surface area contributed by atoms with Gasteiger partial charge in [0.15, 0.2) is 0 Å². The maximum Gasteiger partial charge on any atom is 0.337 e. The molecule has 0 aliphatic heterocycles. The number of benzene rings is 2. The molecule has 1 N–H and O–H groups in total. The van der Waals surface area contributed by atoms with Crippen LogP contribution in [0.2, 0.25) is 5.15 Å². The Bertz CT molecular complexity index is 1000. The molecular formula is C21H17ClN2O3. The van der Waals surface area contributed by atoms with Crippen LogP contribution >= 0.6 is 11.6 Å². The molecule has 1 aromatic heterocycles. The maximum absolute atomic E-state index is 12.4. The molecule has 0 aliphatic carbocycles. The number of hydrogen-bond acceptors (Lipinski definition) is 4. The van der Waals surface area contributed by atoms with E-state index < -0.39 is 0 Å². The van der Waals surface area contributed by atoms with E-state index in [2.05, 4.69) is 10.3 Å². The fourth-order valence-electron chi connectivity index (χ4n) is 2.66. The molecule has 0 fully saturated rings. The van der Waals surface area contributed by atoms with E-state index >= 15 is 0 Å². The van der Waals surface area contributed by atoms with Crippen molar-refractivity contribution in [1.82, 2.24) is 4.98 Å². The van der Waals surface area contributed by atoms with Crippen molar-refractivity contribution in [2.45, 2.75) is 6.92 Å². The number of nitrogens with one attached hydrogen (secondary N) is 1. The van der Waals surface area contributed by atoms with Gasteiger partial charge in [-0.1, -0.05) is 29.8 Å². The molecule has 3 rings (SSSR count). The quantitative estimate of drug-likeness (QED) is 0.524. The number of methoxy groups -OCH3 is 1. The number of ether oxygens (including phenoxy) is 1. The monoisotopic (exact) mass is 380 g/mol. The summed E-state index contributed by atoms with van der Waals surface area (Å²) in [4.78, 5) is 27.9. The zero-order valence-corrected chi connectivity index (χ0v) is 15.6. The molecule has 0 aliphatic rings. The van der Waals surface area contributed by atoms with Gasteiger partial charge in [-0.3, -0.25) is 4.79 Å². The zero-order chi connectivity index (χ0) is 19.4. The summed E-state index contributed by atoms with van der Waals surface area (Å²) in [6.45, 7) is 1.98. The molecule has 0 saturated carbocycles. The van der Waals surface area contributed by atoms with Crippen molar-refractivity contribution in [3.05, 3.63) is 82.6 Å². The number of nitrogens with zero attached hydrogens (tertiary/aromatic N) is 1. The predicted octanol–water partition coefficient (Wildman–Crippen LogP) is 4.75. The Morgan fingerprint density at radius 1 is 1.00 bits per heavy atom. The standard InChI is InChI=1S/C21H17ClN2O3/c1-13-3-8-17(24-20(25)16-9-10-23-19(22)11-16)12-18(13)14-4-6-15(7-5-14)21(26)27-2/h3-12H,1-2H3,(H,24,25). The zero-order valence-electron chi connectivity index (χ0n) is 14.8. The SMILES string of the molecule is COC(=O)c1ccc(-c2cc(NC(=O)c3ccnc(Cl)c3)ccc2C)cc1. The summed E-state index contributed by atoms with van der Waals surface area (Å²) in [6, 6.07) is 15.9. The molecule has 1 amide bonds. The topological polar surface area (TPSA) is 68.3 Å². The third-order valence-corrected chi connectivity index (χ3v) is 4.31. The number of esters is 1. The minimum Gasteiger partial charge on any atom is -0.465 e. The first-order valence-corrected chi connectivity index (χ1v) is 8.58. The molecule has 0 radical (unpaired) electrons. The van der Waals surface area contributed by atoms with E-state index in [1.807, 2.05) is 37.3 Å². The van der Waals surface area contributed by atoms with E-state index in [0.29, 0.717) is 16.8 Å². The first-order valence-electron chi connectivity index (χ1n) is 8.20. The van der Waals surface area contributed by atoms with Crippen LogP contribution in [-0.4, -0.2) is 24.0 Å². The second kappa shape index (κ2) is 8.01. The lowest BCUT2D eigenvalue weighted by molar-refractivity contribution is 0.0600. The van der Waals surface area contributed by atoms with Crippen LogP contribution in [0.1, 0.15) is 26.3 Å². The van der Waals surface area contributed by atoms with Crippen molar-refractivity contribution in [2.75, 3.05) is 12.4 Å². The third-order valence-electron chi connectivity index (χ3n) is 4.10. The van der Waals surface area contributed by atoms with Gasteiger partial charge in [0.2, 0.25) is 0 Å². The van der Waals surface area contributed by atoms with Crippen LogP contribution in [0.3, 0.4) is 0 Å². The smallest absolute Gasteiger partial charge is 0.337 e. The molecule has 6 heteroatoms. The van der Waals surface area contributed by atoms with Crippen LogP contribution in [0.25, 0.3) is 11.1 Å². The summed E-state index contributed by atoms with van der Waals surface area (Å²) in [6.07, 6.45) is 1.49. The minimum atomic E-state index is -0.379. The van der Waals surface area contributed by atoms with Gasteiger partial charge >= 0.3 is 5.97 Å². The van der Waals surface area contributed by atoms with Crippen LogP contribution in [0.5, 0.6) is 0 Å². The Labute approximate surface area is 162 Å². The number of amides is 1. The number of carbonyl (C=O) groups excluding carboxylic acids is 2. The summed E-state index contributed by atoms with van der Waals surface area (Å²) < 4.78 is 4.72. The number of pyridine rings is 1. The fourth-order valence-corrected chi connectivity index (χ4v) is 2.84. The molecular weight excluding hydrogens is 364 g/mol. The van der Waals surface area contributed by atoms with Crippen molar-refractivity contribution in [3.8, 4) is 11.1 Å². The van der Waals surface area contributed by atoms with Gasteiger partial charge < -0.3 is 10.1 Å². The Kier molecular flexibility index (Phi) is 5.52. The van der Waals surface area contributed by atoms with Crippen molar-refractivity contribution >= 4 is 29.2 Å². The predicted molar refractivity (Wildman–Crippen MR) is 105 cm³/mol. The van der Waals surface area contributed by atoms with E-state index in [-0.39, 0.29) is 17.0 Å². The van der Waals surface area contributed by atoms with E-state index in [4.69, 9.17) is 16.3 Å². The third kappa shape index (κ3) is 4.33. The molecule has 0 unspecified atom stereocenters. The summed E-state index contributed by atoms with van der Waals surface area (Å²) in [5.74, 6) is -0.648. The van der Waals surface area contributed by atoms with Crippen molar-refractivity contribution in [2.24, 2.45) is 0 Å². The average Bonchev–Trinajstić information content (AvgIpc) is 2.69. The van der Waals surface area contributed by atoms with Crippen LogP contribution in [0.4, 0.5) is 5.69 Å². The summed E-state index contributed by atoms with van der Waals surface area (Å²) in [5.41, 5.74) is 4.51. The number of carbonyl (C=O) groups is 2. The first kappa shape index (κ1) is 18.6. The highest BCUT2D eigenvalue weighted by Crippen LogP contribution is 2.27. The van der Waals surface area contributed by atoms with Crippen LogP contribution in [0, 0.1) is 6.92 Å². The van der Waals surface area contributed by atoms with Crippen LogP contribution in [-0.2, 0) is 4.74 Å². The van der Waals surface area contributed by atoms with Gasteiger partial charge in [0.1, 0.15) is 5.15 Å². The second-order valence-corrected chi connectivity index (χ2v) is 6.31. The molecule has 0 spiro atoms. The normalized spacial score (nSPS) is 10.3. The molecule has 0 bridgehead atoms. The van der Waals surface area contributed by atoms with Crippen molar-refractivity contribution in [3.63, 3.8) is 0 Å². The van der Waals surface area contributed by atoms with Gasteiger partial charge in [0, 0.05) is 17.4 Å². The number of aromatic nitrogens is 1. The lowest BCUT2D eigenvalue weighted by Crippen LogP contribution is -2.12. The number of rotatable bonds is 4. The average molecular weight is 381 g/mol. The molecule has 27 heavy (non-hydrogen) atoms. The Morgan fingerprint density at radius 3 is 2.41 bits per heavy atom. The van der Waals surface area contributed by atoms with Gasteiger partial charge in [-0.2, -0.15) is 0 Å². The first-order chi connectivity index (χ1) is 13.0. The maximum atomic E-state index is 12.4. The fraction of sp³-hybridized carbons (Fsp3) is 0.0952. The van der Waals surface area contributed by atoms with Crippen LogP contribution in [0.15, 0.2) is 60.8 Å². The van der Waals surface area contributed by atoms with Gasteiger partial charge in [0.25, 0.3) is 5.91 Å². The number of halogens is 1. The molecule has 1 heterocycles. The van der Waals surface area contributed by atoms with E-state index in [0.717, 1.165) is 16.7 Å². The molecule has 5 nitrogen and oxygen atoms in total. The Balaban J connectivity index is 1.86. The van der Waals surface area contributed by atoms with Crippen molar-refractivity contribution < 1.29 is 14.3 Å². The number of hydrogen-bond donors (Lipinski definition) is 1. The largest absolute Gasteiger partial charge is 0.465 e. The molecule has 0 atom stereocenters. The molecule has 3 aromatic rings. The highest BCUT2D eigenvalue weighted by Gasteiger charge is 2.10. The van der Waals surface area contributed by atoms with Gasteiger partial charge in [-0.25, -0.2) is 9.78 Å². The summed E-state index contributed by atoms with van der Waals surface area (Å²) in [7, 11) is 1.35. The molecule has 2 aromatic carbocycles. The van der Waals surface area contributed by atoms with Gasteiger partial charge in [0.05, 0.1) is 12.7 Å². The summed E-state index contributed by atoms with van der Waals surface area (Å²) in [5, 5.41) is 3.12. The summed E-state index contributed by atoms with van der Waals surface area (Å²) >= 11 is 5.84. The van der Waals surface area contributed by atoms with E-state index in [1.165, 1.54) is 19.4 Å². The minimum absolute atomic E-state index is 0.262. The van der Waals surface area contributed by atoms with Gasteiger partial charge in [-0.05, 0) is 60.0 Å². The van der Waals surface area contributed by atoms with Crippen molar-refractivity contribution in [1.29, 1.82) is 0 Å². The second-order valence-electron chi connectivity index (χ2n) is 5.92. The Morgan fingerprint density at radius 2 is 1.74 bits per heavy atom. The number of anilines is 1. The highest BCUT2D eigenvalue weighted by atomic mass is 35.5. The lowest BCUT2D eigenvalue weighted by atomic mass is 9.98. The molecule has 0 saturated heterocycles. The van der Waals surface area contributed by atoms with E-state index in [1.54, 1.807) is 18.2 Å². The van der Waals surface area contributed by atoms with Gasteiger partial charge in [-0.15, -0.1) is 0 Å².